The van der Waals surface area contributed by atoms with E-state index in [1.165, 1.54) is 5.56 Å². The molecule has 112 valence electrons. The molecule has 0 bridgehead atoms. The summed E-state index contributed by atoms with van der Waals surface area (Å²) in [5.74, 6) is 1.58. The lowest BCUT2D eigenvalue weighted by Gasteiger charge is -2.14. The monoisotopic (exact) mass is 341 g/mol. The first-order valence-corrected chi connectivity index (χ1v) is 8.28. The van der Waals surface area contributed by atoms with Crippen molar-refractivity contribution in [3.05, 3.63) is 28.2 Å². The van der Waals surface area contributed by atoms with Gasteiger partial charge < -0.3 is 15.2 Å². The van der Waals surface area contributed by atoms with Crippen molar-refractivity contribution in [3.8, 4) is 5.75 Å². The lowest BCUT2D eigenvalue weighted by atomic mass is 10.1. The van der Waals surface area contributed by atoms with Gasteiger partial charge in [-0.15, -0.1) is 0 Å². The van der Waals surface area contributed by atoms with Crippen LogP contribution in [0.1, 0.15) is 38.2 Å². The van der Waals surface area contributed by atoms with Crippen molar-refractivity contribution in [1.82, 2.24) is 5.32 Å². The predicted octanol–water partition coefficient (Wildman–Crippen LogP) is 3.49. The van der Waals surface area contributed by atoms with E-state index in [0.717, 1.165) is 55.6 Å². The third-order valence-electron chi connectivity index (χ3n) is 3.75. The summed E-state index contributed by atoms with van der Waals surface area (Å²) in [6, 6.07) is 6.15. The third kappa shape index (κ3) is 4.76. The van der Waals surface area contributed by atoms with Crippen LogP contribution in [0.3, 0.4) is 0 Å². The zero-order valence-corrected chi connectivity index (χ0v) is 13.7. The van der Waals surface area contributed by atoms with Gasteiger partial charge in [-0.05, 0) is 56.3 Å². The topological polar surface area (TPSA) is 41.5 Å². The maximum Gasteiger partial charge on any atom is 0.123 e. The number of rotatable bonds is 7. The van der Waals surface area contributed by atoms with E-state index in [4.69, 9.17) is 4.74 Å². The zero-order valence-electron chi connectivity index (χ0n) is 12.1. The second-order valence-corrected chi connectivity index (χ2v) is 6.48. The predicted molar refractivity (Wildman–Crippen MR) is 85.0 cm³/mol. The number of benzene rings is 1. The molecule has 0 aliphatic heterocycles. The van der Waals surface area contributed by atoms with E-state index in [1.54, 1.807) is 0 Å². The van der Waals surface area contributed by atoms with Gasteiger partial charge in [0.2, 0.25) is 0 Å². The molecule has 2 unspecified atom stereocenters. The van der Waals surface area contributed by atoms with Crippen molar-refractivity contribution in [1.29, 1.82) is 0 Å². The van der Waals surface area contributed by atoms with E-state index >= 15 is 0 Å². The lowest BCUT2D eigenvalue weighted by molar-refractivity contribution is 0.177. The number of aliphatic hydroxyl groups is 1. The summed E-state index contributed by atoms with van der Waals surface area (Å²) in [4.78, 5) is 0. The Labute approximate surface area is 129 Å². The summed E-state index contributed by atoms with van der Waals surface area (Å²) in [7, 11) is 0. The van der Waals surface area contributed by atoms with Crippen molar-refractivity contribution < 1.29 is 9.84 Å². The van der Waals surface area contributed by atoms with Crippen molar-refractivity contribution in [3.63, 3.8) is 0 Å². The summed E-state index contributed by atoms with van der Waals surface area (Å²) < 4.78 is 6.86. The number of aliphatic hydroxyl groups excluding tert-OH is 1. The largest absolute Gasteiger partial charge is 0.493 e. The van der Waals surface area contributed by atoms with E-state index in [0.29, 0.717) is 5.92 Å². The summed E-state index contributed by atoms with van der Waals surface area (Å²) in [6.07, 6.45) is 3.95. The molecule has 0 aromatic heterocycles. The highest BCUT2D eigenvalue weighted by Gasteiger charge is 2.22. The molecule has 1 aliphatic rings. The Hall–Kier alpha value is -0.580. The molecule has 2 atom stereocenters. The van der Waals surface area contributed by atoms with Gasteiger partial charge in [0, 0.05) is 16.6 Å². The average molecular weight is 342 g/mol. The molecular weight excluding hydrogens is 318 g/mol. The van der Waals surface area contributed by atoms with Crippen molar-refractivity contribution >= 4 is 15.9 Å². The van der Waals surface area contributed by atoms with E-state index in [1.807, 2.05) is 12.1 Å². The molecule has 1 aromatic carbocycles. The normalized spacial score (nSPS) is 22.1. The maximum atomic E-state index is 9.54. The molecule has 1 saturated carbocycles. The molecule has 4 heteroatoms. The van der Waals surface area contributed by atoms with Gasteiger partial charge in [0.1, 0.15) is 5.75 Å². The fraction of sp³-hybridized carbons (Fsp3) is 0.625. The van der Waals surface area contributed by atoms with Crippen LogP contribution in [0.15, 0.2) is 22.7 Å². The standard InChI is InChI=1S/C16H24BrNO2/c1-2-7-20-16-6-4-14(17)9-13(16)11-18-10-12-3-5-15(19)8-12/h4,6,9,12,15,18-19H,2-3,5,7-8,10-11H2,1H3. The lowest BCUT2D eigenvalue weighted by Crippen LogP contribution is -2.21. The zero-order chi connectivity index (χ0) is 14.4. The Morgan fingerprint density at radius 2 is 2.25 bits per heavy atom. The molecule has 20 heavy (non-hydrogen) atoms. The second kappa shape index (κ2) is 8.01. The van der Waals surface area contributed by atoms with E-state index in [2.05, 4.69) is 34.2 Å². The van der Waals surface area contributed by atoms with Crippen LogP contribution in [0.25, 0.3) is 0 Å². The summed E-state index contributed by atoms with van der Waals surface area (Å²) in [5, 5.41) is 13.0. The van der Waals surface area contributed by atoms with Crippen LogP contribution in [0.5, 0.6) is 5.75 Å². The minimum Gasteiger partial charge on any atom is -0.493 e. The smallest absolute Gasteiger partial charge is 0.123 e. The highest BCUT2D eigenvalue weighted by atomic mass is 79.9. The Morgan fingerprint density at radius 1 is 1.40 bits per heavy atom. The molecule has 0 amide bonds. The number of hydrogen-bond acceptors (Lipinski definition) is 3. The second-order valence-electron chi connectivity index (χ2n) is 5.56. The van der Waals surface area contributed by atoms with Gasteiger partial charge in [0.25, 0.3) is 0 Å². The summed E-state index contributed by atoms with van der Waals surface area (Å²) >= 11 is 3.51. The van der Waals surface area contributed by atoms with E-state index in [-0.39, 0.29) is 6.10 Å². The fourth-order valence-electron chi connectivity index (χ4n) is 2.68. The van der Waals surface area contributed by atoms with Crippen LogP contribution in [0, 0.1) is 5.92 Å². The minimum absolute atomic E-state index is 0.0869. The first kappa shape index (κ1) is 15.8. The van der Waals surface area contributed by atoms with Gasteiger partial charge in [-0.1, -0.05) is 22.9 Å². The van der Waals surface area contributed by atoms with Crippen LogP contribution < -0.4 is 10.1 Å². The Balaban J connectivity index is 1.85. The molecule has 0 saturated heterocycles. The van der Waals surface area contributed by atoms with E-state index < -0.39 is 0 Å². The average Bonchev–Trinajstić information content (AvgIpc) is 2.84. The first-order valence-electron chi connectivity index (χ1n) is 7.49. The van der Waals surface area contributed by atoms with Gasteiger partial charge in [0.05, 0.1) is 12.7 Å². The molecule has 1 fully saturated rings. The van der Waals surface area contributed by atoms with Gasteiger partial charge in [-0.25, -0.2) is 0 Å². The Morgan fingerprint density at radius 3 is 2.95 bits per heavy atom. The van der Waals surface area contributed by atoms with Crippen molar-refractivity contribution in [2.75, 3.05) is 13.2 Å². The Kier molecular flexibility index (Phi) is 6.33. The van der Waals surface area contributed by atoms with Crippen LogP contribution in [-0.4, -0.2) is 24.4 Å². The number of ether oxygens (including phenoxy) is 1. The molecule has 0 radical (unpaired) electrons. The summed E-state index contributed by atoms with van der Waals surface area (Å²) in [5.41, 5.74) is 1.19. The number of hydrogen-bond donors (Lipinski definition) is 2. The molecule has 1 aliphatic carbocycles. The molecular formula is C16H24BrNO2. The molecule has 2 rings (SSSR count). The van der Waals surface area contributed by atoms with Gasteiger partial charge in [0.15, 0.2) is 0 Å². The van der Waals surface area contributed by atoms with Crippen LogP contribution >= 0.6 is 15.9 Å². The van der Waals surface area contributed by atoms with Gasteiger partial charge in [-0.2, -0.15) is 0 Å². The van der Waals surface area contributed by atoms with Gasteiger partial charge in [-0.3, -0.25) is 0 Å². The highest BCUT2D eigenvalue weighted by Crippen LogP contribution is 2.26. The maximum absolute atomic E-state index is 9.54. The first-order chi connectivity index (χ1) is 9.69. The van der Waals surface area contributed by atoms with Crippen LogP contribution in [0.4, 0.5) is 0 Å². The third-order valence-corrected chi connectivity index (χ3v) is 4.24. The molecule has 2 N–H and O–H groups in total. The van der Waals surface area contributed by atoms with Crippen LogP contribution in [-0.2, 0) is 6.54 Å². The highest BCUT2D eigenvalue weighted by molar-refractivity contribution is 9.10. The Bertz CT molecular complexity index is 425. The number of halogens is 1. The molecule has 1 aromatic rings. The molecule has 0 heterocycles. The van der Waals surface area contributed by atoms with Crippen molar-refractivity contribution in [2.24, 2.45) is 5.92 Å². The SMILES string of the molecule is CCCOc1ccc(Br)cc1CNCC1CCC(O)C1. The molecule has 3 nitrogen and oxygen atoms in total. The van der Waals surface area contributed by atoms with Crippen molar-refractivity contribution in [2.45, 2.75) is 45.3 Å². The fourth-order valence-corrected chi connectivity index (χ4v) is 3.09. The number of nitrogens with one attached hydrogen (secondary N) is 1. The molecule has 0 spiro atoms. The quantitative estimate of drug-likeness (QED) is 0.797. The summed E-state index contributed by atoms with van der Waals surface area (Å²) in [6.45, 7) is 4.65. The van der Waals surface area contributed by atoms with E-state index in [9.17, 15) is 5.11 Å². The van der Waals surface area contributed by atoms with Gasteiger partial charge >= 0.3 is 0 Å². The minimum atomic E-state index is -0.0869. The van der Waals surface area contributed by atoms with Crippen LogP contribution in [0.2, 0.25) is 0 Å².